The van der Waals surface area contributed by atoms with Crippen molar-refractivity contribution in [2.75, 3.05) is 26.0 Å². The Bertz CT molecular complexity index is 792. The predicted octanol–water partition coefficient (Wildman–Crippen LogP) is 0.992. The molecule has 0 aliphatic heterocycles. The Morgan fingerprint density at radius 1 is 1.12 bits per heavy atom. The molecule has 0 heterocycles. The summed E-state index contributed by atoms with van der Waals surface area (Å²) >= 11 is 0. The van der Waals surface area contributed by atoms with E-state index in [0.717, 1.165) is 0 Å². The number of ether oxygens (including phenoxy) is 1. The van der Waals surface area contributed by atoms with Crippen molar-refractivity contribution in [1.29, 1.82) is 0 Å². The molecule has 7 nitrogen and oxygen atoms in total. The summed E-state index contributed by atoms with van der Waals surface area (Å²) in [6.45, 7) is 0.169. The van der Waals surface area contributed by atoms with Crippen LogP contribution in [0.4, 0.5) is 5.69 Å². The van der Waals surface area contributed by atoms with E-state index in [1.54, 1.807) is 24.3 Å². The lowest BCUT2D eigenvalue weighted by Crippen LogP contribution is -2.46. The zero-order valence-electron chi connectivity index (χ0n) is 13.8. The molecule has 4 N–H and O–H groups in total. The molecule has 0 aromatic heterocycles. The molecule has 0 spiro atoms. The maximum absolute atomic E-state index is 12.3. The Hall–Kier alpha value is -2.42. The lowest BCUT2D eigenvalue weighted by molar-refractivity contribution is 0.0898. The number of carbonyl (C=O) groups is 1. The highest BCUT2D eigenvalue weighted by Gasteiger charge is 2.19. The van der Waals surface area contributed by atoms with Crippen molar-refractivity contribution in [3.8, 4) is 0 Å². The molecule has 0 saturated heterocycles. The molecule has 1 atom stereocenters. The number of amides is 1. The van der Waals surface area contributed by atoms with E-state index >= 15 is 0 Å². The van der Waals surface area contributed by atoms with Crippen LogP contribution in [0.5, 0.6) is 0 Å². The second kappa shape index (κ2) is 8.61. The first-order chi connectivity index (χ1) is 11.9. The molecule has 25 heavy (non-hydrogen) atoms. The van der Waals surface area contributed by atoms with Crippen LogP contribution in [0.3, 0.4) is 0 Å². The number of carbonyl (C=O) groups excluding carboxylic acids is 1. The summed E-state index contributed by atoms with van der Waals surface area (Å²) in [5.41, 5.74) is 6.53. The normalized spacial score (nSPS) is 12.5. The first-order valence-electron chi connectivity index (χ1n) is 7.62. The average Bonchev–Trinajstić information content (AvgIpc) is 2.61. The van der Waals surface area contributed by atoms with Gasteiger partial charge in [0, 0.05) is 24.9 Å². The summed E-state index contributed by atoms with van der Waals surface area (Å²) < 4.78 is 32.1. The molecule has 134 valence electrons. The number of nitrogens with two attached hydrogens (primary N) is 1. The molecule has 1 amide bonds. The molecule has 0 aliphatic rings. The van der Waals surface area contributed by atoms with Gasteiger partial charge in [-0.3, -0.25) is 4.79 Å². The Kier molecular flexibility index (Phi) is 6.51. The van der Waals surface area contributed by atoms with Gasteiger partial charge in [-0.05, 0) is 36.4 Å². The summed E-state index contributed by atoms with van der Waals surface area (Å²) in [4.78, 5) is 12.3. The van der Waals surface area contributed by atoms with Gasteiger partial charge in [0.05, 0.1) is 17.5 Å². The lowest BCUT2D eigenvalue weighted by atomic mass is 10.2. The zero-order chi connectivity index (χ0) is 18.3. The molecule has 0 fully saturated rings. The van der Waals surface area contributed by atoms with Crippen molar-refractivity contribution < 1.29 is 17.9 Å². The third kappa shape index (κ3) is 5.56. The van der Waals surface area contributed by atoms with Crippen molar-refractivity contribution in [2.45, 2.75) is 10.9 Å². The van der Waals surface area contributed by atoms with Crippen LogP contribution in [0.15, 0.2) is 59.5 Å². The van der Waals surface area contributed by atoms with E-state index < -0.39 is 16.1 Å². The van der Waals surface area contributed by atoms with Crippen molar-refractivity contribution in [3.05, 3.63) is 60.2 Å². The van der Waals surface area contributed by atoms with Crippen LogP contribution < -0.4 is 15.8 Å². The highest BCUT2D eigenvalue weighted by Crippen LogP contribution is 2.11. The smallest absolute Gasteiger partial charge is 0.251 e. The van der Waals surface area contributed by atoms with E-state index in [0.29, 0.717) is 11.3 Å². The second-order valence-electron chi connectivity index (χ2n) is 5.41. The largest absolute Gasteiger partial charge is 0.399 e. The first kappa shape index (κ1) is 18.9. The van der Waals surface area contributed by atoms with Gasteiger partial charge in [-0.2, -0.15) is 0 Å². The van der Waals surface area contributed by atoms with Crippen LogP contribution >= 0.6 is 0 Å². The Morgan fingerprint density at radius 3 is 2.36 bits per heavy atom. The van der Waals surface area contributed by atoms with Gasteiger partial charge in [0.1, 0.15) is 0 Å². The van der Waals surface area contributed by atoms with Crippen molar-refractivity contribution in [1.82, 2.24) is 10.0 Å². The van der Waals surface area contributed by atoms with Crippen LogP contribution in [-0.2, 0) is 14.8 Å². The lowest BCUT2D eigenvalue weighted by Gasteiger charge is -2.18. The number of hydrogen-bond donors (Lipinski definition) is 3. The Labute approximate surface area is 147 Å². The molecular formula is C17H21N3O4S. The van der Waals surface area contributed by atoms with E-state index in [1.165, 1.54) is 31.4 Å². The summed E-state index contributed by atoms with van der Waals surface area (Å²) in [5.74, 6) is -0.297. The van der Waals surface area contributed by atoms with Gasteiger partial charge in [-0.25, -0.2) is 13.1 Å². The molecule has 2 rings (SSSR count). The maximum Gasteiger partial charge on any atom is 0.251 e. The van der Waals surface area contributed by atoms with Gasteiger partial charge in [0.2, 0.25) is 10.0 Å². The van der Waals surface area contributed by atoms with Gasteiger partial charge in [-0.15, -0.1) is 0 Å². The minimum atomic E-state index is -3.70. The quantitative estimate of drug-likeness (QED) is 0.606. The highest BCUT2D eigenvalue weighted by atomic mass is 32.2. The number of anilines is 1. The fourth-order valence-electron chi connectivity index (χ4n) is 2.15. The van der Waals surface area contributed by atoms with E-state index in [9.17, 15) is 13.2 Å². The van der Waals surface area contributed by atoms with Gasteiger partial charge in [0.25, 0.3) is 5.91 Å². The van der Waals surface area contributed by atoms with Crippen molar-refractivity contribution in [2.24, 2.45) is 0 Å². The molecule has 8 heteroatoms. The van der Waals surface area contributed by atoms with Gasteiger partial charge in [-0.1, -0.05) is 18.2 Å². The summed E-state index contributed by atoms with van der Waals surface area (Å²) in [6.07, 6.45) is 0. The van der Waals surface area contributed by atoms with E-state index in [2.05, 4.69) is 10.0 Å². The number of nitrogen functional groups attached to an aromatic ring is 1. The van der Waals surface area contributed by atoms with E-state index in [-0.39, 0.29) is 24.0 Å². The number of nitrogens with one attached hydrogen (secondary N) is 2. The van der Waals surface area contributed by atoms with Crippen LogP contribution in [0.1, 0.15) is 10.4 Å². The van der Waals surface area contributed by atoms with Crippen LogP contribution in [-0.4, -0.2) is 40.6 Å². The van der Waals surface area contributed by atoms with E-state index in [4.69, 9.17) is 10.5 Å². The number of methoxy groups -OCH3 is 1. The second-order valence-corrected chi connectivity index (χ2v) is 7.18. The average molecular weight is 363 g/mol. The minimum Gasteiger partial charge on any atom is -0.399 e. The van der Waals surface area contributed by atoms with Gasteiger partial charge < -0.3 is 15.8 Å². The minimum absolute atomic E-state index is 0.000870. The molecule has 0 aliphatic carbocycles. The number of rotatable bonds is 8. The standard InChI is InChI=1S/C17H21N3O4S/c1-24-12-15(20-17(21)13-5-3-2-4-6-13)11-19-25(22,23)16-9-7-14(18)8-10-16/h2-10,15,19H,11-12,18H2,1H3,(H,20,21). The number of benzene rings is 2. The molecule has 2 aromatic rings. The van der Waals surface area contributed by atoms with Gasteiger partial charge >= 0.3 is 0 Å². The Morgan fingerprint density at radius 2 is 1.76 bits per heavy atom. The fraction of sp³-hybridized carbons (Fsp3) is 0.235. The molecule has 0 bridgehead atoms. The monoisotopic (exact) mass is 363 g/mol. The molecule has 0 saturated carbocycles. The fourth-order valence-corrected chi connectivity index (χ4v) is 3.23. The van der Waals surface area contributed by atoms with Crippen molar-refractivity contribution >= 4 is 21.6 Å². The molecule has 0 radical (unpaired) electrons. The SMILES string of the molecule is COCC(CNS(=O)(=O)c1ccc(N)cc1)NC(=O)c1ccccc1. The van der Waals surface area contributed by atoms with Crippen molar-refractivity contribution in [3.63, 3.8) is 0 Å². The number of sulfonamides is 1. The summed E-state index contributed by atoms with van der Waals surface area (Å²) in [7, 11) is -2.22. The molecule has 2 aromatic carbocycles. The summed E-state index contributed by atoms with van der Waals surface area (Å²) in [5, 5.41) is 2.76. The first-order valence-corrected chi connectivity index (χ1v) is 9.11. The molecular weight excluding hydrogens is 342 g/mol. The van der Waals surface area contributed by atoms with Crippen LogP contribution in [0, 0.1) is 0 Å². The molecule has 1 unspecified atom stereocenters. The third-order valence-corrected chi connectivity index (χ3v) is 4.89. The third-order valence-electron chi connectivity index (χ3n) is 3.45. The summed E-state index contributed by atoms with van der Waals surface area (Å²) in [6, 6.07) is 14.0. The van der Waals surface area contributed by atoms with Crippen LogP contribution in [0.25, 0.3) is 0 Å². The number of hydrogen-bond acceptors (Lipinski definition) is 5. The highest BCUT2D eigenvalue weighted by molar-refractivity contribution is 7.89. The topological polar surface area (TPSA) is 111 Å². The Balaban J connectivity index is 2.01. The zero-order valence-corrected chi connectivity index (χ0v) is 14.6. The predicted molar refractivity (Wildman–Crippen MR) is 95.6 cm³/mol. The maximum atomic E-state index is 12.3. The van der Waals surface area contributed by atoms with Gasteiger partial charge in [0.15, 0.2) is 0 Å². The van der Waals surface area contributed by atoms with Crippen LogP contribution in [0.2, 0.25) is 0 Å². The van der Waals surface area contributed by atoms with E-state index in [1.807, 2.05) is 6.07 Å².